The number of amides is 1. The van der Waals surface area contributed by atoms with Gasteiger partial charge in [-0.05, 0) is 30.3 Å². The zero-order valence-corrected chi connectivity index (χ0v) is 9.94. The number of hydrogen-bond acceptors (Lipinski definition) is 4. The Morgan fingerprint density at radius 3 is 2.67 bits per heavy atom. The first-order valence-electron chi connectivity index (χ1n) is 4.97. The van der Waals surface area contributed by atoms with Gasteiger partial charge >= 0.3 is 5.97 Å². The number of thiophene rings is 1. The molecule has 5 nitrogen and oxygen atoms in total. The molecule has 6 heteroatoms. The van der Waals surface area contributed by atoms with Crippen molar-refractivity contribution in [2.45, 2.75) is 0 Å². The van der Waals surface area contributed by atoms with Crippen molar-refractivity contribution in [3.8, 4) is 10.6 Å². The van der Waals surface area contributed by atoms with Crippen LogP contribution in [0.5, 0.6) is 0 Å². The summed E-state index contributed by atoms with van der Waals surface area (Å²) in [4.78, 5) is 22.9. The summed E-state index contributed by atoms with van der Waals surface area (Å²) < 4.78 is 5.17. The smallest absolute Gasteiger partial charge is 0.371 e. The van der Waals surface area contributed by atoms with Gasteiger partial charge in [0.1, 0.15) is 5.76 Å². The van der Waals surface area contributed by atoms with Gasteiger partial charge < -0.3 is 15.3 Å². The number of furan rings is 1. The Bertz CT molecular complexity index is 624. The highest BCUT2D eigenvalue weighted by atomic mass is 32.1. The minimum absolute atomic E-state index is 0.104. The maximum Gasteiger partial charge on any atom is 0.371 e. The van der Waals surface area contributed by atoms with Crippen LogP contribution in [0, 0.1) is 0 Å². The summed E-state index contributed by atoms with van der Waals surface area (Å²) in [6.07, 6.45) is 2.86. The number of hydrogen-bond donors (Lipinski definition) is 2. The summed E-state index contributed by atoms with van der Waals surface area (Å²) in [5.41, 5.74) is 4.99. The zero-order chi connectivity index (χ0) is 13.1. The summed E-state index contributed by atoms with van der Waals surface area (Å²) in [7, 11) is 0. The monoisotopic (exact) mass is 263 g/mol. The van der Waals surface area contributed by atoms with E-state index in [2.05, 4.69) is 0 Å². The van der Waals surface area contributed by atoms with Crippen molar-refractivity contribution in [3.05, 3.63) is 41.0 Å². The zero-order valence-electron chi connectivity index (χ0n) is 9.12. The van der Waals surface area contributed by atoms with Gasteiger partial charge in [0, 0.05) is 11.0 Å². The first-order valence-corrected chi connectivity index (χ1v) is 5.79. The van der Waals surface area contributed by atoms with Gasteiger partial charge in [0.05, 0.1) is 4.88 Å². The highest BCUT2D eigenvalue weighted by molar-refractivity contribution is 7.16. The molecule has 18 heavy (non-hydrogen) atoms. The predicted octanol–water partition coefficient (Wildman–Crippen LogP) is 2.20. The number of carboxylic acid groups (broad SMARTS) is 1. The standard InChI is InChI=1S/C12H9NO4S/c13-11(14)6-2-7-1-5-10(18-7)8-3-4-9(17-8)12(15)16/h1-6H,(H2,13,14)(H,15,16)/b6-2-. The number of carboxylic acids is 1. The summed E-state index contributed by atoms with van der Waals surface area (Å²) in [6, 6.07) is 6.57. The third kappa shape index (κ3) is 2.67. The molecular formula is C12H9NO4S. The molecule has 0 aliphatic heterocycles. The van der Waals surface area contributed by atoms with Crippen LogP contribution >= 0.6 is 11.3 Å². The van der Waals surface area contributed by atoms with E-state index in [9.17, 15) is 9.59 Å². The molecular weight excluding hydrogens is 254 g/mol. The molecule has 0 saturated heterocycles. The number of rotatable bonds is 4. The fourth-order valence-corrected chi connectivity index (χ4v) is 2.20. The van der Waals surface area contributed by atoms with E-state index in [1.807, 2.05) is 0 Å². The lowest BCUT2D eigenvalue weighted by Gasteiger charge is -1.89. The van der Waals surface area contributed by atoms with Gasteiger partial charge in [-0.1, -0.05) is 0 Å². The maximum atomic E-state index is 10.7. The molecule has 0 unspecified atom stereocenters. The normalized spacial score (nSPS) is 10.9. The second-order valence-electron chi connectivity index (χ2n) is 3.41. The minimum Gasteiger partial charge on any atom is -0.475 e. The van der Waals surface area contributed by atoms with E-state index >= 15 is 0 Å². The third-order valence-corrected chi connectivity index (χ3v) is 3.16. The largest absolute Gasteiger partial charge is 0.475 e. The third-order valence-electron chi connectivity index (χ3n) is 2.10. The van der Waals surface area contributed by atoms with E-state index in [0.717, 1.165) is 9.75 Å². The predicted molar refractivity (Wildman–Crippen MR) is 67.2 cm³/mol. The fraction of sp³-hybridized carbons (Fsp3) is 0. The average molecular weight is 263 g/mol. The Morgan fingerprint density at radius 2 is 2.06 bits per heavy atom. The number of carbonyl (C=O) groups excluding carboxylic acids is 1. The number of nitrogens with two attached hydrogens (primary N) is 1. The van der Waals surface area contributed by atoms with E-state index in [1.165, 1.54) is 23.5 Å². The molecule has 92 valence electrons. The van der Waals surface area contributed by atoms with Crippen LogP contribution in [0.25, 0.3) is 16.7 Å². The lowest BCUT2D eigenvalue weighted by Crippen LogP contribution is -2.04. The molecule has 2 rings (SSSR count). The Kier molecular flexibility index (Phi) is 3.29. The Labute approximate surface area is 106 Å². The molecule has 0 spiro atoms. The highest BCUT2D eigenvalue weighted by Gasteiger charge is 2.11. The molecule has 0 fully saturated rings. The van der Waals surface area contributed by atoms with E-state index in [-0.39, 0.29) is 5.76 Å². The van der Waals surface area contributed by atoms with Crippen LogP contribution in [0.2, 0.25) is 0 Å². The van der Waals surface area contributed by atoms with Crippen molar-refractivity contribution in [1.82, 2.24) is 0 Å². The lowest BCUT2D eigenvalue weighted by atomic mass is 10.3. The van der Waals surface area contributed by atoms with Crippen LogP contribution in [0.4, 0.5) is 0 Å². The van der Waals surface area contributed by atoms with E-state index in [1.54, 1.807) is 24.3 Å². The maximum absolute atomic E-state index is 10.7. The molecule has 0 saturated carbocycles. The van der Waals surface area contributed by atoms with Gasteiger partial charge in [-0.25, -0.2) is 4.79 Å². The van der Waals surface area contributed by atoms with Gasteiger partial charge in [0.15, 0.2) is 0 Å². The Balaban J connectivity index is 2.23. The van der Waals surface area contributed by atoms with Crippen molar-refractivity contribution in [3.63, 3.8) is 0 Å². The van der Waals surface area contributed by atoms with Gasteiger partial charge in [0.2, 0.25) is 11.7 Å². The number of carbonyl (C=O) groups is 2. The molecule has 1 amide bonds. The van der Waals surface area contributed by atoms with Crippen LogP contribution in [-0.2, 0) is 4.79 Å². The van der Waals surface area contributed by atoms with E-state index < -0.39 is 11.9 Å². The second-order valence-corrected chi connectivity index (χ2v) is 4.52. The molecule has 2 aromatic rings. The molecule has 0 aliphatic rings. The summed E-state index contributed by atoms with van der Waals surface area (Å²) in [5, 5.41) is 8.74. The van der Waals surface area contributed by atoms with Crippen LogP contribution in [0.15, 0.2) is 34.8 Å². The molecule has 2 heterocycles. The molecule has 0 aromatic carbocycles. The van der Waals surface area contributed by atoms with Crippen LogP contribution in [0.3, 0.4) is 0 Å². The summed E-state index contributed by atoms with van der Waals surface area (Å²) in [6.45, 7) is 0. The van der Waals surface area contributed by atoms with Crippen LogP contribution in [-0.4, -0.2) is 17.0 Å². The average Bonchev–Trinajstić information content (AvgIpc) is 2.95. The van der Waals surface area contributed by atoms with Gasteiger partial charge in [0.25, 0.3) is 0 Å². The van der Waals surface area contributed by atoms with Crippen molar-refractivity contribution < 1.29 is 19.1 Å². The van der Waals surface area contributed by atoms with Gasteiger partial charge in [-0.3, -0.25) is 4.79 Å². The molecule has 0 bridgehead atoms. The van der Waals surface area contributed by atoms with Crippen molar-refractivity contribution in [2.24, 2.45) is 5.73 Å². The molecule has 0 radical (unpaired) electrons. The SMILES string of the molecule is NC(=O)/C=C\c1ccc(-c2ccc(C(=O)O)o2)s1. The van der Waals surface area contributed by atoms with Crippen LogP contribution in [0.1, 0.15) is 15.4 Å². The lowest BCUT2D eigenvalue weighted by molar-refractivity contribution is -0.113. The van der Waals surface area contributed by atoms with Crippen molar-refractivity contribution in [1.29, 1.82) is 0 Å². The van der Waals surface area contributed by atoms with E-state index in [4.69, 9.17) is 15.3 Å². The summed E-state index contributed by atoms with van der Waals surface area (Å²) >= 11 is 1.37. The highest BCUT2D eigenvalue weighted by Crippen LogP contribution is 2.30. The Hall–Kier alpha value is -2.34. The quantitative estimate of drug-likeness (QED) is 0.827. The van der Waals surface area contributed by atoms with Gasteiger partial charge in [-0.15, -0.1) is 11.3 Å². The number of aromatic carboxylic acids is 1. The van der Waals surface area contributed by atoms with Gasteiger partial charge in [-0.2, -0.15) is 0 Å². The Morgan fingerprint density at radius 1 is 1.28 bits per heavy atom. The molecule has 0 aliphatic carbocycles. The first-order chi connectivity index (χ1) is 8.56. The molecule has 3 N–H and O–H groups in total. The summed E-state index contributed by atoms with van der Waals surface area (Å²) in [5.74, 6) is -1.24. The second kappa shape index (κ2) is 4.89. The number of primary amides is 1. The topological polar surface area (TPSA) is 93.5 Å². The minimum atomic E-state index is -1.10. The first kappa shape index (κ1) is 12.1. The molecule has 2 aromatic heterocycles. The van der Waals surface area contributed by atoms with E-state index in [0.29, 0.717) is 5.76 Å². The molecule has 0 atom stereocenters. The van der Waals surface area contributed by atoms with Crippen molar-refractivity contribution >= 4 is 29.3 Å². The van der Waals surface area contributed by atoms with Crippen LogP contribution < -0.4 is 5.73 Å². The fourth-order valence-electron chi connectivity index (χ4n) is 1.32. The van der Waals surface area contributed by atoms with Crippen molar-refractivity contribution in [2.75, 3.05) is 0 Å².